The molecular weight excluding hydrogens is 544 g/mol. The van der Waals surface area contributed by atoms with Gasteiger partial charge in [-0.05, 0) is 75.0 Å². The molecule has 3 aliphatic rings. The van der Waals surface area contributed by atoms with Gasteiger partial charge in [-0.1, -0.05) is 30.7 Å². The number of hydrogen-bond donors (Lipinski definition) is 0. The van der Waals surface area contributed by atoms with Crippen LogP contribution in [0.25, 0.3) is 0 Å². The summed E-state index contributed by atoms with van der Waals surface area (Å²) in [5.74, 6) is 0.623. The highest BCUT2D eigenvalue weighted by molar-refractivity contribution is 5.96. The van der Waals surface area contributed by atoms with E-state index in [1.165, 1.54) is 19.3 Å². The summed E-state index contributed by atoms with van der Waals surface area (Å²) in [5.41, 5.74) is 2.41. The summed E-state index contributed by atoms with van der Waals surface area (Å²) < 4.78 is 17.0. The minimum absolute atomic E-state index is 0.0191. The summed E-state index contributed by atoms with van der Waals surface area (Å²) in [5, 5.41) is 0. The fourth-order valence-electron chi connectivity index (χ4n) is 6.53. The molecule has 9 nitrogen and oxygen atoms in total. The summed E-state index contributed by atoms with van der Waals surface area (Å²) in [6.07, 6.45) is 6.64. The number of para-hydroxylation sites is 1. The average molecular weight is 593 g/mol. The highest BCUT2D eigenvalue weighted by Crippen LogP contribution is 2.26. The molecule has 0 saturated carbocycles. The first-order valence-electron chi connectivity index (χ1n) is 16.1. The van der Waals surface area contributed by atoms with E-state index in [9.17, 15) is 9.59 Å². The molecule has 0 aliphatic carbocycles. The van der Waals surface area contributed by atoms with Crippen molar-refractivity contribution in [3.8, 4) is 5.75 Å². The average Bonchev–Trinajstić information content (AvgIpc) is 3.08. The Hall–Kier alpha value is -2.98. The molecule has 0 spiro atoms. The number of fused-ring (bicyclic) bond motifs is 1. The Kier molecular flexibility index (Phi) is 11.8. The number of methoxy groups -OCH3 is 1. The molecule has 0 radical (unpaired) electrons. The third-order valence-electron chi connectivity index (χ3n) is 8.90. The fourth-order valence-corrected chi connectivity index (χ4v) is 6.53. The van der Waals surface area contributed by atoms with Crippen LogP contribution in [0, 0.1) is 0 Å². The summed E-state index contributed by atoms with van der Waals surface area (Å²) in [6.45, 7) is 8.56. The Balaban J connectivity index is 1.36. The van der Waals surface area contributed by atoms with Crippen molar-refractivity contribution in [3.05, 3.63) is 59.7 Å². The number of nitrogens with zero attached hydrogens (tertiary/aromatic N) is 4. The molecule has 9 heteroatoms. The van der Waals surface area contributed by atoms with Gasteiger partial charge in [-0.3, -0.25) is 19.4 Å². The van der Waals surface area contributed by atoms with E-state index in [4.69, 9.17) is 14.2 Å². The van der Waals surface area contributed by atoms with Gasteiger partial charge in [0.05, 0.1) is 0 Å². The molecular formula is C34H48N4O5. The quantitative estimate of drug-likeness (QED) is 0.458. The molecule has 43 heavy (non-hydrogen) atoms. The number of piperidine rings is 1. The first-order chi connectivity index (χ1) is 21.1. The van der Waals surface area contributed by atoms with E-state index in [1.54, 1.807) is 7.11 Å². The van der Waals surface area contributed by atoms with E-state index in [2.05, 4.69) is 9.80 Å². The molecule has 2 fully saturated rings. The summed E-state index contributed by atoms with van der Waals surface area (Å²) >= 11 is 0. The van der Waals surface area contributed by atoms with Crippen LogP contribution < -0.4 is 9.64 Å². The summed E-state index contributed by atoms with van der Waals surface area (Å²) in [6, 6.07) is 15.9. The van der Waals surface area contributed by atoms with Crippen molar-refractivity contribution in [3.63, 3.8) is 0 Å². The maximum absolute atomic E-state index is 14.2. The molecule has 0 bridgehead atoms. The molecule has 2 amide bonds. The van der Waals surface area contributed by atoms with Crippen LogP contribution in [0.15, 0.2) is 48.5 Å². The standard InChI is InChI=1S/C34H48N4O5/c1-41-27-33(39)38-18-8-17-36(30-13-22-42-23-14-30)19-20-37(26-29-9-3-4-12-32(29)38)34(40)28-10-7-11-31(25-28)43-24-21-35-15-5-2-6-16-35/h3-4,7,9-12,25,30H,2,5-6,8,13-24,26-27H2,1H3. The number of hydrogen-bond acceptors (Lipinski definition) is 7. The molecule has 234 valence electrons. The van der Waals surface area contributed by atoms with Crippen molar-refractivity contribution in [2.45, 2.75) is 51.1 Å². The van der Waals surface area contributed by atoms with E-state index < -0.39 is 0 Å². The minimum Gasteiger partial charge on any atom is -0.492 e. The van der Waals surface area contributed by atoms with Crippen LogP contribution in [0.5, 0.6) is 5.75 Å². The van der Waals surface area contributed by atoms with Crippen molar-refractivity contribution in [1.29, 1.82) is 0 Å². The number of benzene rings is 2. The molecule has 5 rings (SSSR count). The largest absolute Gasteiger partial charge is 0.492 e. The topological polar surface area (TPSA) is 74.8 Å². The zero-order chi connectivity index (χ0) is 29.9. The van der Waals surface area contributed by atoms with Crippen LogP contribution in [0.3, 0.4) is 0 Å². The van der Waals surface area contributed by atoms with Crippen LogP contribution >= 0.6 is 0 Å². The number of amides is 2. The second-order valence-electron chi connectivity index (χ2n) is 11.8. The van der Waals surface area contributed by atoms with Gasteiger partial charge in [0.25, 0.3) is 11.8 Å². The Morgan fingerprint density at radius 2 is 1.70 bits per heavy atom. The van der Waals surface area contributed by atoms with Crippen molar-refractivity contribution in [2.75, 3.05) is 84.3 Å². The van der Waals surface area contributed by atoms with E-state index in [1.807, 2.05) is 58.3 Å². The predicted octanol–water partition coefficient (Wildman–Crippen LogP) is 4.06. The SMILES string of the molecule is COCC(=O)N1CCCN(C2CCOCC2)CCN(C(=O)c2cccc(OCCN3CCCCC3)c2)Cc2ccccc21. The third-order valence-corrected chi connectivity index (χ3v) is 8.90. The Bertz CT molecular complexity index is 1180. The Morgan fingerprint density at radius 3 is 2.51 bits per heavy atom. The predicted molar refractivity (Wildman–Crippen MR) is 168 cm³/mol. The smallest absolute Gasteiger partial charge is 0.254 e. The van der Waals surface area contributed by atoms with Crippen molar-refractivity contribution < 1.29 is 23.8 Å². The zero-order valence-electron chi connectivity index (χ0n) is 25.8. The van der Waals surface area contributed by atoms with Gasteiger partial charge in [0.15, 0.2) is 0 Å². The van der Waals surface area contributed by atoms with Gasteiger partial charge in [-0.2, -0.15) is 0 Å². The van der Waals surface area contributed by atoms with Gasteiger partial charge in [0.1, 0.15) is 19.0 Å². The molecule has 0 N–H and O–H groups in total. The van der Waals surface area contributed by atoms with Crippen LogP contribution in [0.4, 0.5) is 5.69 Å². The van der Waals surface area contributed by atoms with Gasteiger partial charge < -0.3 is 24.0 Å². The molecule has 2 saturated heterocycles. The van der Waals surface area contributed by atoms with Crippen molar-refractivity contribution in [1.82, 2.24) is 14.7 Å². The molecule has 2 aromatic carbocycles. The lowest BCUT2D eigenvalue weighted by Crippen LogP contribution is -2.45. The van der Waals surface area contributed by atoms with Gasteiger partial charge in [0, 0.05) is 76.9 Å². The lowest BCUT2D eigenvalue weighted by molar-refractivity contribution is -0.122. The monoisotopic (exact) mass is 592 g/mol. The van der Waals surface area contributed by atoms with Crippen molar-refractivity contribution >= 4 is 17.5 Å². The number of rotatable bonds is 8. The highest BCUT2D eigenvalue weighted by Gasteiger charge is 2.27. The first kappa shape index (κ1) is 31.4. The van der Waals surface area contributed by atoms with Gasteiger partial charge in [-0.25, -0.2) is 0 Å². The van der Waals surface area contributed by atoms with E-state index in [0.29, 0.717) is 37.8 Å². The van der Waals surface area contributed by atoms with Gasteiger partial charge in [0.2, 0.25) is 0 Å². The number of carbonyl (C=O) groups is 2. The summed E-state index contributed by atoms with van der Waals surface area (Å²) in [4.78, 5) is 36.1. The lowest BCUT2D eigenvalue weighted by Gasteiger charge is -2.35. The second-order valence-corrected chi connectivity index (χ2v) is 11.8. The normalized spacial score (nSPS) is 19.8. The molecule has 3 aliphatic heterocycles. The fraction of sp³-hybridized carbons (Fsp3) is 0.588. The molecule has 0 aromatic heterocycles. The molecule has 0 unspecified atom stereocenters. The third kappa shape index (κ3) is 8.79. The molecule has 0 atom stereocenters. The maximum atomic E-state index is 14.2. The second kappa shape index (κ2) is 16.2. The van der Waals surface area contributed by atoms with Gasteiger partial charge in [-0.15, -0.1) is 0 Å². The minimum atomic E-state index is -0.0703. The van der Waals surface area contributed by atoms with Gasteiger partial charge >= 0.3 is 0 Å². The Morgan fingerprint density at radius 1 is 0.884 bits per heavy atom. The number of carbonyl (C=O) groups excluding carboxylic acids is 2. The number of likely N-dealkylation sites (tertiary alicyclic amines) is 1. The lowest BCUT2D eigenvalue weighted by atomic mass is 10.1. The first-order valence-corrected chi connectivity index (χ1v) is 16.1. The number of ether oxygens (including phenoxy) is 3. The van der Waals surface area contributed by atoms with Crippen molar-refractivity contribution in [2.24, 2.45) is 0 Å². The molecule has 2 aromatic rings. The van der Waals surface area contributed by atoms with E-state index in [0.717, 1.165) is 82.2 Å². The van der Waals surface area contributed by atoms with Crippen LogP contribution in [-0.2, 0) is 20.8 Å². The molecule has 3 heterocycles. The zero-order valence-corrected chi connectivity index (χ0v) is 25.8. The van der Waals surface area contributed by atoms with E-state index in [-0.39, 0.29) is 18.4 Å². The highest BCUT2D eigenvalue weighted by atomic mass is 16.5. The Labute approximate surface area is 256 Å². The van der Waals surface area contributed by atoms with E-state index >= 15 is 0 Å². The van der Waals surface area contributed by atoms with Crippen LogP contribution in [-0.4, -0.2) is 112 Å². The summed E-state index contributed by atoms with van der Waals surface area (Å²) in [7, 11) is 1.55. The van der Waals surface area contributed by atoms with Crippen LogP contribution in [0.1, 0.15) is 54.4 Å². The maximum Gasteiger partial charge on any atom is 0.254 e. The number of anilines is 1. The van der Waals surface area contributed by atoms with Crippen LogP contribution in [0.2, 0.25) is 0 Å².